The average molecular weight is 379 g/mol. The molecule has 0 amide bonds. The zero-order valence-corrected chi connectivity index (χ0v) is 14.7. The minimum Gasteiger partial charge on any atom is -0.480 e. The highest BCUT2D eigenvalue weighted by molar-refractivity contribution is 5.81. The molecule has 0 bridgehead atoms. The number of hydrogen-bond donors (Lipinski definition) is 6. The maximum atomic E-state index is 10.8. The number of aliphatic hydroxyl groups is 2. The molecule has 3 rings (SSSR count). The van der Waals surface area contributed by atoms with E-state index in [9.17, 15) is 15.0 Å². The number of aromatic nitrogens is 4. The Bertz CT molecular complexity index is 813. The van der Waals surface area contributed by atoms with Crippen LogP contribution in [0.1, 0.15) is 31.7 Å². The zero-order chi connectivity index (χ0) is 19.7. The van der Waals surface area contributed by atoms with Crippen molar-refractivity contribution in [1.29, 1.82) is 0 Å². The highest BCUT2D eigenvalue weighted by Crippen LogP contribution is 2.39. The standard InChI is InChI=1S/C16H25N7O4/c17-8(1-2-9(18)16(26)27)3-7-4-10(13(25)12(7)24)23-6-22-11-14(19)20-5-21-15(11)23/h5-10,12-13,24-25H,1-4,17-18H2,(H,26,27)(H2,19,20,21)/t7-,8-,9-,10+,12+,13-/m0/s1. The molecule has 11 nitrogen and oxygen atoms in total. The summed E-state index contributed by atoms with van der Waals surface area (Å²) in [4.78, 5) is 23.1. The van der Waals surface area contributed by atoms with E-state index in [4.69, 9.17) is 22.3 Å². The number of hydrogen-bond acceptors (Lipinski definition) is 9. The van der Waals surface area contributed by atoms with E-state index in [1.54, 1.807) is 4.57 Å². The number of nitrogens with two attached hydrogens (primary N) is 3. The zero-order valence-electron chi connectivity index (χ0n) is 14.7. The third-order valence-corrected chi connectivity index (χ3v) is 5.29. The van der Waals surface area contributed by atoms with Gasteiger partial charge in [0.2, 0.25) is 0 Å². The fourth-order valence-corrected chi connectivity index (χ4v) is 3.75. The fraction of sp³-hybridized carbons (Fsp3) is 0.625. The van der Waals surface area contributed by atoms with Crippen LogP contribution in [0.3, 0.4) is 0 Å². The molecule has 27 heavy (non-hydrogen) atoms. The quantitative estimate of drug-likeness (QED) is 0.332. The summed E-state index contributed by atoms with van der Waals surface area (Å²) in [7, 11) is 0. The van der Waals surface area contributed by atoms with Crippen molar-refractivity contribution in [3.05, 3.63) is 12.7 Å². The summed E-state index contributed by atoms with van der Waals surface area (Å²) in [5.74, 6) is -1.05. The lowest BCUT2D eigenvalue weighted by atomic mass is 9.93. The van der Waals surface area contributed by atoms with Crippen molar-refractivity contribution in [3.8, 4) is 0 Å². The molecule has 1 aliphatic rings. The van der Waals surface area contributed by atoms with E-state index in [1.165, 1.54) is 12.7 Å². The van der Waals surface area contributed by atoms with Gasteiger partial charge in [-0.25, -0.2) is 15.0 Å². The Labute approximate surface area is 155 Å². The molecule has 1 aliphatic carbocycles. The van der Waals surface area contributed by atoms with Crippen molar-refractivity contribution >= 4 is 23.0 Å². The molecule has 2 aromatic heterocycles. The van der Waals surface area contributed by atoms with Gasteiger partial charge in [-0.15, -0.1) is 0 Å². The largest absolute Gasteiger partial charge is 0.480 e. The first kappa shape index (κ1) is 19.4. The maximum Gasteiger partial charge on any atom is 0.320 e. The van der Waals surface area contributed by atoms with Crippen molar-refractivity contribution < 1.29 is 20.1 Å². The Balaban J connectivity index is 1.68. The number of nitrogen functional groups attached to an aromatic ring is 1. The summed E-state index contributed by atoms with van der Waals surface area (Å²) in [6.07, 6.45) is 2.52. The van der Waals surface area contributed by atoms with Crippen LogP contribution >= 0.6 is 0 Å². The SMILES string of the molecule is Nc1ncnc2c1ncn2[C@@H]1C[C@H](C[C@@H](N)CC[C@H](N)C(=O)O)[C@@H](O)[C@H]1O. The lowest BCUT2D eigenvalue weighted by Crippen LogP contribution is -2.35. The second kappa shape index (κ2) is 7.72. The molecule has 6 atom stereocenters. The van der Waals surface area contributed by atoms with Crippen LogP contribution in [0, 0.1) is 5.92 Å². The Morgan fingerprint density at radius 1 is 1.22 bits per heavy atom. The van der Waals surface area contributed by atoms with E-state index in [1.807, 2.05) is 0 Å². The Kier molecular flexibility index (Phi) is 5.56. The number of imidazole rings is 1. The van der Waals surface area contributed by atoms with Crippen molar-refractivity contribution in [2.45, 2.75) is 56.0 Å². The number of carbonyl (C=O) groups is 1. The molecule has 2 aromatic rings. The number of rotatable bonds is 7. The molecule has 0 spiro atoms. The molecular weight excluding hydrogens is 354 g/mol. The van der Waals surface area contributed by atoms with Crippen LogP contribution in [0.25, 0.3) is 11.2 Å². The van der Waals surface area contributed by atoms with Crippen LogP contribution in [-0.4, -0.2) is 65.1 Å². The maximum absolute atomic E-state index is 10.8. The van der Waals surface area contributed by atoms with Gasteiger partial charge < -0.3 is 37.1 Å². The van der Waals surface area contributed by atoms with E-state index < -0.39 is 30.3 Å². The van der Waals surface area contributed by atoms with Gasteiger partial charge in [0, 0.05) is 6.04 Å². The number of aliphatic carboxylic acids is 1. The van der Waals surface area contributed by atoms with Gasteiger partial charge in [0.15, 0.2) is 11.5 Å². The molecular formula is C16H25N7O4. The van der Waals surface area contributed by atoms with Gasteiger partial charge in [0.1, 0.15) is 24.0 Å². The first-order chi connectivity index (χ1) is 12.8. The van der Waals surface area contributed by atoms with E-state index in [0.717, 1.165) is 0 Å². The number of anilines is 1. The first-order valence-corrected chi connectivity index (χ1v) is 8.82. The Morgan fingerprint density at radius 2 is 1.96 bits per heavy atom. The Morgan fingerprint density at radius 3 is 2.67 bits per heavy atom. The smallest absolute Gasteiger partial charge is 0.320 e. The molecule has 1 fully saturated rings. The van der Waals surface area contributed by atoms with E-state index >= 15 is 0 Å². The topological polar surface area (TPSA) is 199 Å². The van der Waals surface area contributed by atoms with Gasteiger partial charge >= 0.3 is 5.97 Å². The van der Waals surface area contributed by atoms with Crippen LogP contribution in [-0.2, 0) is 4.79 Å². The van der Waals surface area contributed by atoms with Crippen LogP contribution < -0.4 is 17.2 Å². The van der Waals surface area contributed by atoms with Crippen molar-refractivity contribution in [2.24, 2.45) is 17.4 Å². The molecule has 9 N–H and O–H groups in total. The fourth-order valence-electron chi connectivity index (χ4n) is 3.75. The number of aliphatic hydroxyl groups excluding tert-OH is 2. The molecule has 0 unspecified atom stereocenters. The predicted molar refractivity (Wildman–Crippen MR) is 96.3 cm³/mol. The first-order valence-electron chi connectivity index (χ1n) is 8.82. The highest BCUT2D eigenvalue weighted by atomic mass is 16.4. The van der Waals surface area contributed by atoms with Crippen LogP contribution in [0.4, 0.5) is 5.82 Å². The van der Waals surface area contributed by atoms with E-state index in [0.29, 0.717) is 30.4 Å². The lowest BCUT2D eigenvalue weighted by molar-refractivity contribution is -0.138. The summed E-state index contributed by atoms with van der Waals surface area (Å²) in [5.41, 5.74) is 18.3. The predicted octanol–water partition coefficient (Wildman–Crippen LogP) is -1.40. The molecule has 0 aliphatic heterocycles. The van der Waals surface area contributed by atoms with Crippen LogP contribution in [0.2, 0.25) is 0 Å². The molecule has 0 aromatic carbocycles. The lowest BCUT2D eigenvalue weighted by Gasteiger charge is -2.20. The molecule has 0 saturated heterocycles. The van der Waals surface area contributed by atoms with Gasteiger partial charge in [-0.1, -0.05) is 0 Å². The van der Waals surface area contributed by atoms with Crippen molar-refractivity contribution in [2.75, 3.05) is 5.73 Å². The Hall–Kier alpha value is -2.34. The van der Waals surface area contributed by atoms with E-state index in [2.05, 4.69) is 15.0 Å². The van der Waals surface area contributed by atoms with Gasteiger partial charge in [-0.3, -0.25) is 4.79 Å². The van der Waals surface area contributed by atoms with Crippen LogP contribution in [0.15, 0.2) is 12.7 Å². The van der Waals surface area contributed by atoms with E-state index in [-0.39, 0.29) is 24.2 Å². The normalized spacial score (nSPS) is 27.7. The number of nitrogens with zero attached hydrogens (tertiary/aromatic N) is 4. The minimum absolute atomic E-state index is 0.238. The van der Waals surface area contributed by atoms with Crippen molar-refractivity contribution in [1.82, 2.24) is 19.5 Å². The number of fused-ring (bicyclic) bond motifs is 1. The number of carboxylic acids is 1. The molecule has 2 heterocycles. The molecule has 1 saturated carbocycles. The van der Waals surface area contributed by atoms with Gasteiger partial charge in [0.25, 0.3) is 0 Å². The summed E-state index contributed by atoms with van der Waals surface area (Å²) in [6, 6.07) is -1.69. The summed E-state index contributed by atoms with van der Waals surface area (Å²) in [5, 5.41) is 29.8. The van der Waals surface area contributed by atoms with Gasteiger partial charge in [0.05, 0.1) is 18.5 Å². The number of carboxylic acid groups (broad SMARTS) is 1. The third-order valence-electron chi connectivity index (χ3n) is 5.29. The molecule has 0 radical (unpaired) electrons. The van der Waals surface area contributed by atoms with Gasteiger partial charge in [-0.2, -0.15) is 0 Å². The second-order valence-corrected chi connectivity index (χ2v) is 7.15. The highest BCUT2D eigenvalue weighted by Gasteiger charge is 2.43. The summed E-state index contributed by atoms with van der Waals surface area (Å²) < 4.78 is 1.70. The minimum atomic E-state index is -1.06. The van der Waals surface area contributed by atoms with Crippen LogP contribution in [0.5, 0.6) is 0 Å². The molecule has 11 heteroatoms. The monoisotopic (exact) mass is 379 g/mol. The second-order valence-electron chi connectivity index (χ2n) is 7.15. The average Bonchev–Trinajstić information content (AvgIpc) is 3.17. The third kappa shape index (κ3) is 3.86. The van der Waals surface area contributed by atoms with Crippen molar-refractivity contribution in [3.63, 3.8) is 0 Å². The van der Waals surface area contributed by atoms with Gasteiger partial charge in [-0.05, 0) is 31.6 Å². The molecule has 148 valence electrons. The summed E-state index contributed by atoms with van der Waals surface area (Å²) in [6.45, 7) is 0. The summed E-state index contributed by atoms with van der Waals surface area (Å²) >= 11 is 0.